The number of anilines is 5. The van der Waals surface area contributed by atoms with Crippen LogP contribution in [0.3, 0.4) is 0 Å². The largest absolute Gasteiger partial charge is 0.360 e. The Hall–Kier alpha value is -6.00. The highest BCUT2D eigenvalue weighted by Crippen LogP contribution is 2.53. The van der Waals surface area contributed by atoms with Gasteiger partial charge < -0.3 is 21.3 Å². The molecule has 0 aromatic heterocycles. The molecular weight excluding hydrogens is 585 g/mol. The normalized spacial score (nSPS) is 17.5. The summed E-state index contributed by atoms with van der Waals surface area (Å²) < 4.78 is 0. The fourth-order valence-corrected chi connectivity index (χ4v) is 7.67. The maximum Gasteiger partial charge on any atom is 0.125 e. The van der Waals surface area contributed by atoms with Gasteiger partial charge in [0, 0.05) is 39.8 Å². The van der Waals surface area contributed by atoms with Crippen molar-refractivity contribution in [3.05, 3.63) is 180 Å². The first-order valence-corrected chi connectivity index (χ1v) is 16.8. The van der Waals surface area contributed by atoms with Crippen LogP contribution < -0.4 is 21.3 Å². The summed E-state index contributed by atoms with van der Waals surface area (Å²) in [4.78, 5) is 0. The molecule has 3 aliphatic rings. The lowest BCUT2D eigenvalue weighted by atomic mass is 9.76. The van der Waals surface area contributed by atoms with E-state index in [1.807, 2.05) is 6.07 Å². The first-order valence-electron chi connectivity index (χ1n) is 16.8. The third-order valence-electron chi connectivity index (χ3n) is 10.0. The molecular formula is C44H36N4. The Morgan fingerprint density at radius 3 is 1.98 bits per heavy atom. The standard InChI is InChI=1S/C44H36N4/c1-28-34(29-13-4-2-5-14-29)23-24-41-42(28)36-26-32(27-37(43(36)46-41)44-47-39-21-10-11-22-40(39)48-44)30-15-12-16-31(25-30)35-19-8-9-20-38(35)45-33-17-6-3-7-18-33/h2-28,42,44-48H,1H3. The van der Waals surface area contributed by atoms with Gasteiger partial charge in [0.1, 0.15) is 6.17 Å². The van der Waals surface area contributed by atoms with Crippen LogP contribution in [0.2, 0.25) is 0 Å². The lowest BCUT2D eigenvalue weighted by Gasteiger charge is -2.28. The van der Waals surface area contributed by atoms with Crippen LogP contribution in [0, 0.1) is 5.92 Å². The molecule has 6 aromatic carbocycles. The minimum absolute atomic E-state index is 0.0554. The monoisotopic (exact) mass is 620 g/mol. The van der Waals surface area contributed by atoms with Gasteiger partial charge in [-0.25, -0.2) is 0 Å². The molecule has 48 heavy (non-hydrogen) atoms. The molecule has 4 N–H and O–H groups in total. The second-order valence-corrected chi connectivity index (χ2v) is 12.9. The molecule has 0 radical (unpaired) electrons. The maximum absolute atomic E-state index is 3.89. The van der Waals surface area contributed by atoms with Gasteiger partial charge in [0.2, 0.25) is 0 Å². The van der Waals surface area contributed by atoms with Gasteiger partial charge in [-0.1, -0.05) is 110 Å². The van der Waals surface area contributed by atoms with Crippen LogP contribution in [0.1, 0.15) is 35.7 Å². The lowest BCUT2D eigenvalue weighted by Crippen LogP contribution is -2.15. The van der Waals surface area contributed by atoms with E-state index in [2.05, 4.69) is 180 Å². The number of fused-ring (bicyclic) bond motifs is 4. The Morgan fingerprint density at radius 2 is 1.19 bits per heavy atom. The lowest BCUT2D eigenvalue weighted by molar-refractivity contribution is 0.642. The Morgan fingerprint density at radius 1 is 0.542 bits per heavy atom. The van der Waals surface area contributed by atoms with Crippen molar-refractivity contribution in [2.24, 2.45) is 5.92 Å². The minimum Gasteiger partial charge on any atom is -0.360 e. The van der Waals surface area contributed by atoms with Crippen LogP contribution in [0.4, 0.5) is 28.4 Å². The van der Waals surface area contributed by atoms with E-state index in [-0.39, 0.29) is 12.1 Å². The zero-order chi connectivity index (χ0) is 32.0. The van der Waals surface area contributed by atoms with Crippen LogP contribution in [0.5, 0.6) is 0 Å². The number of para-hydroxylation sites is 4. The van der Waals surface area contributed by atoms with E-state index in [1.165, 1.54) is 55.9 Å². The topological polar surface area (TPSA) is 48.1 Å². The van der Waals surface area contributed by atoms with Crippen LogP contribution >= 0.6 is 0 Å². The Kier molecular flexibility index (Phi) is 6.86. The molecule has 2 heterocycles. The van der Waals surface area contributed by atoms with Crippen molar-refractivity contribution in [1.82, 2.24) is 0 Å². The van der Waals surface area contributed by atoms with Crippen molar-refractivity contribution in [1.29, 1.82) is 0 Å². The molecule has 0 saturated heterocycles. The van der Waals surface area contributed by atoms with Crippen LogP contribution in [-0.4, -0.2) is 0 Å². The Bertz CT molecular complexity index is 2190. The third kappa shape index (κ3) is 4.94. The van der Waals surface area contributed by atoms with Crippen molar-refractivity contribution in [2.45, 2.75) is 19.0 Å². The molecule has 0 saturated carbocycles. The summed E-state index contributed by atoms with van der Waals surface area (Å²) >= 11 is 0. The van der Waals surface area contributed by atoms with E-state index in [1.54, 1.807) is 0 Å². The van der Waals surface area contributed by atoms with Crippen LogP contribution in [-0.2, 0) is 0 Å². The van der Waals surface area contributed by atoms with E-state index in [9.17, 15) is 0 Å². The fraction of sp³-hybridized carbons (Fsp3) is 0.0909. The van der Waals surface area contributed by atoms with E-state index < -0.39 is 0 Å². The van der Waals surface area contributed by atoms with Crippen molar-refractivity contribution < 1.29 is 0 Å². The van der Waals surface area contributed by atoms with Gasteiger partial charge in [0.25, 0.3) is 0 Å². The molecule has 2 unspecified atom stereocenters. The number of nitrogens with one attached hydrogen (secondary N) is 4. The summed E-state index contributed by atoms with van der Waals surface area (Å²) in [5, 5.41) is 15.0. The Labute approximate surface area is 281 Å². The van der Waals surface area contributed by atoms with Gasteiger partial charge in [-0.15, -0.1) is 0 Å². The van der Waals surface area contributed by atoms with Crippen molar-refractivity contribution >= 4 is 34.0 Å². The fourth-order valence-electron chi connectivity index (χ4n) is 7.67. The number of allylic oxidation sites excluding steroid dienone is 4. The quantitative estimate of drug-likeness (QED) is 0.150. The summed E-state index contributed by atoms with van der Waals surface area (Å²) in [5.74, 6) is 0.551. The molecule has 0 spiro atoms. The SMILES string of the molecule is CC1C(c2ccccc2)=CC=C2Nc3c(C4Nc5ccccc5N4)cc(-c4cccc(-c5ccccc5Nc5ccccc5)c4)cc3C21. The molecule has 4 heteroatoms. The van der Waals surface area contributed by atoms with Crippen molar-refractivity contribution in [3.8, 4) is 22.3 Å². The summed E-state index contributed by atoms with van der Waals surface area (Å²) in [5.41, 5.74) is 16.9. The minimum atomic E-state index is -0.0554. The van der Waals surface area contributed by atoms with Gasteiger partial charge in [-0.05, 0) is 93.9 Å². The third-order valence-corrected chi connectivity index (χ3v) is 10.0. The highest BCUT2D eigenvalue weighted by Gasteiger charge is 2.38. The van der Waals surface area contributed by atoms with E-state index in [0.717, 1.165) is 22.7 Å². The molecule has 9 rings (SSSR count). The second-order valence-electron chi connectivity index (χ2n) is 12.9. The van der Waals surface area contributed by atoms with E-state index >= 15 is 0 Å². The first kappa shape index (κ1) is 28.2. The van der Waals surface area contributed by atoms with Crippen LogP contribution in [0.15, 0.2) is 163 Å². The predicted octanol–water partition coefficient (Wildman–Crippen LogP) is 11.4. The van der Waals surface area contributed by atoms with Gasteiger partial charge in [-0.2, -0.15) is 0 Å². The summed E-state index contributed by atoms with van der Waals surface area (Å²) in [6.45, 7) is 2.37. The number of rotatable bonds is 6. The highest BCUT2D eigenvalue weighted by atomic mass is 15.2. The second kappa shape index (κ2) is 11.7. The average molecular weight is 621 g/mol. The number of hydrogen-bond donors (Lipinski definition) is 4. The van der Waals surface area contributed by atoms with Crippen molar-refractivity contribution in [3.63, 3.8) is 0 Å². The summed E-state index contributed by atoms with van der Waals surface area (Å²) in [7, 11) is 0. The molecule has 6 aromatic rings. The van der Waals surface area contributed by atoms with Gasteiger partial charge in [-0.3, -0.25) is 0 Å². The maximum atomic E-state index is 3.89. The molecule has 1 aliphatic carbocycles. The Balaban J connectivity index is 1.15. The summed E-state index contributed by atoms with van der Waals surface area (Å²) in [6.07, 6.45) is 4.54. The first-order chi connectivity index (χ1) is 23.7. The molecule has 0 amide bonds. The number of benzene rings is 6. The molecule has 0 fully saturated rings. The zero-order valence-corrected chi connectivity index (χ0v) is 26.7. The smallest absolute Gasteiger partial charge is 0.125 e. The van der Waals surface area contributed by atoms with Gasteiger partial charge >= 0.3 is 0 Å². The average Bonchev–Trinajstić information content (AvgIpc) is 3.75. The number of hydrogen-bond acceptors (Lipinski definition) is 4. The van der Waals surface area contributed by atoms with E-state index in [0.29, 0.717) is 5.92 Å². The van der Waals surface area contributed by atoms with Crippen LogP contribution in [0.25, 0.3) is 27.8 Å². The van der Waals surface area contributed by atoms with Gasteiger partial charge in [0.05, 0.1) is 11.4 Å². The molecule has 0 bridgehead atoms. The molecule has 2 aliphatic heterocycles. The highest BCUT2D eigenvalue weighted by molar-refractivity contribution is 5.87. The summed E-state index contributed by atoms with van der Waals surface area (Å²) in [6, 6.07) is 52.0. The van der Waals surface area contributed by atoms with Crippen molar-refractivity contribution in [2.75, 3.05) is 21.3 Å². The zero-order valence-electron chi connectivity index (χ0n) is 26.7. The molecule has 2 atom stereocenters. The predicted molar refractivity (Wildman–Crippen MR) is 201 cm³/mol. The molecule has 232 valence electrons. The molecule has 4 nitrogen and oxygen atoms in total. The van der Waals surface area contributed by atoms with Gasteiger partial charge in [0.15, 0.2) is 0 Å². The van der Waals surface area contributed by atoms with E-state index in [4.69, 9.17) is 0 Å².